The van der Waals surface area contributed by atoms with E-state index in [4.69, 9.17) is 5.11 Å². The Morgan fingerprint density at radius 1 is 1.58 bits per heavy atom. The number of nitrogens with zero attached hydrogens (tertiary/aromatic N) is 2. The van der Waals surface area contributed by atoms with Gasteiger partial charge in [0.05, 0.1) is 6.54 Å². The summed E-state index contributed by atoms with van der Waals surface area (Å²) in [5.41, 5.74) is 1.13. The number of rotatable bonds is 3. The summed E-state index contributed by atoms with van der Waals surface area (Å²) in [6.07, 6.45) is -4.35. The van der Waals surface area contributed by atoms with Crippen molar-refractivity contribution in [3.8, 4) is 0 Å². The summed E-state index contributed by atoms with van der Waals surface area (Å²) >= 11 is 0. The average molecular weight is 277 g/mol. The number of nitrogens with one attached hydrogen (secondary N) is 1. The molecule has 5 nitrogen and oxygen atoms in total. The number of hydrogen-bond acceptors (Lipinski definition) is 3. The molecule has 0 saturated carbocycles. The van der Waals surface area contributed by atoms with Crippen molar-refractivity contribution in [2.45, 2.75) is 19.2 Å². The highest BCUT2D eigenvalue weighted by molar-refractivity contribution is 5.89. The fourth-order valence-electron chi connectivity index (χ4n) is 1.27. The first-order valence-electron chi connectivity index (χ1n) is 5.39. The van der Waals surface area contributed by atoms with E-state index in [0.717, 1.165) is 4.90 Å². The maximum atomic E-state index is 12.1. The first kappa shape index (κ1) is 15.2. The van der Waals surface area contributed by atoms with E-state index in [1.807, 2.05) is 0 Å². The highest BCUT2D eigenvalue weighted by Gasteiger charge is 2.39. The molecule has 2 amide bonds. The third-order valence-electron chi connectivity index (χ3n) is 2.43. The van der Waals surface area contributed by atoms with Crippen molar-refractivity contribution in [2.75, 3.05) is 18.9 Å². The third kappa shape index (κ3) is 4.40. The maximum absolute atomic E-state index is 12.1. The van der Waals surface area contributed by atoms with Gasteiger partial charge in [0.25, 0.3) is 0 Å². The smallest absolute Gasteiger partial charge is 0.382 e. The highest BCUT2D eigenvalue weighted by Crippen LogP contribution is 2.20. The number of aliphatic hydroxyl groups is 1. The topological polar surface area (TPSA) is 65.5 Å². The summed E-state index contributed by atoms with van der Waals surface area (Å²) in [5, 5.41) is 11.3. The maximum Gasteiger partial charge on any atom is 0.416 e. The standard InChI is InChI=1S/C11H14F3N3O2/c1-7-5-15-4-3-8(7)16-10(19)17(2)6-9(18)11(12,13)14/h3-5,9,18H,6H2,1-2H3,(H,15,16,19). The summed E-state index contributed by atoms with van der Waals surface area (Å²) in [6.45, 7) is 0.868. The van der Waals surface area contributed by atoms with Gasteiger partial charge >= 0.3 is 12.2 Å². The first-order valence-corrected chi connectivity index (χ1v) is 5.39. The average Bonchev–Trinajstić information content (AvgIpc) is 2.30. The van der Waals surface area contributed by atoms with Gasteiger partial charge in [0, 0.05) is 25.1 Å². The molecule has 0 aromatic carbocycles. The van der Waals surface area contributed by atoms with Crippen LogP contribution >= 0.6 is 0 Å². The Balaban J connectivity index is 2.62. The normalized spacial score (nSPS) is 12.9. The second-order valence-corrected chi connectivity index (χ2v) is 4.06. The van der Waals surface area contributed by atoms with Gasteiger partial charge < -0.3 is 15.3 Å². The molecule has 0 aliphatic carbocycles. The van der Waals surface area contributed by atoms with Crippen LogP contribution in [0.15, 0.2) is 18.5 Å². The summed E-state index contributed by atoms with van der Waals surface area (Å²) in [5.74, 6) is 0. The molecule has 0 aliphatic heterocycles. The number of alkyl halides is 3. The van der Waals surface area contributed by atoms with Gasteiger partial charge in [-0.05, 0) is 18.6 Å². The van der Waals surface area contributed by atoms with Crippen molar-refractivity contribution in [2.24, 2.45) is 0 Å². The fraction of sp³-hybridized carbons (Fsp3) is 0.455. The molecule has 0 bridgehead atoms. The lowest BCUT2D eigenvalue weighted by Crippen LogP contribution is -2.43. The summed E-state index contributed by atoms with van der Waals surface area (Å²) in [6, 6.07) is 0.791. The van der Waals surface area contributed by atoms with Crippen LogP contribution in [0.2, 0.25) is 0 Å². The van der Waals surface area contributed by atoms with E-state index in [9.17, 15) is 18.0 Å². The van der Waals surface area contributed by atoms with Crippen molar-refractivity contribution in [3.63, 3.8) is 0 Å². The van der Waals surface area contributed by atoms with Crippen molar-refractivity contribution < 1.29 is 23.1 Å². The van der Waals surface area contributed by atoms with Crippen molar-refractivity contribution in [1.29, 1.82) is 0 Å². The minimum atomic E-state index is -4.75. The SMILES string of the molecule is Cc1cnccc1NC(=O)N(C)CC(O)C(F)(F)F. The second kappa shape index (κ2) is 5.87. The lowest BCUT2D eigenvalue weighted by Gasteiger charge is -2.23. The second-order valence-electron chi connectivity index (χ2n) is 4.06. The van der Waals surface area contributed by atoms with E-state index < -0.39 is 24.9 Å². The minimum Gasteiger partial charge on any atom is -0.382 e. The largest absolute Gasteiger partial charge is 0.416 e. The molecular weight excluding hydrogens is 263 g/mol. The number of aromatic nitrogens is 1. The van der Waals surface area contributed by atoms with E-state index in [1.54, 1.807) is 6.92 Å². The van der Waals surface area contributed by atoms with Gasteiger partial charge in [0.2, 0.25) is 0 Å². The number of anilines is 1. The van der Waals surface area contributed by atoms with Gasteiger partial charge in [0.1, 0.15) is 0 Å². The number of halogens is 3. The van der Waals surface area contributed by atoms with Crippen LogP contribution in [0.3, 0.4) is 0 Å². The molecule has 19 heavy (non-hydrogen) atoms. The van der Waals surface area contributed by atoms with Gasteiger partial charge in [-0.3, -0.25) is 4.98 Å². The number of aliphatic hydroxyl groups excluding tert-OH is 1. The molecule has 1 rings (SSSR count). The molecule has 0 aliphatic rings. The monoisotopic (exact) mass is 277 g/mol. The Morgan fingerprint density at radius 3 is 2.74 bits per heavy atom. The number of likely N-dealkylation sites (N-methyl/N-ethyl adjacent to an activating group) is 1. The summed E-state index contributed by atoms with van der Waals surface area (Å²) < 4.78 is 36.4. The van der Waals surface area contributed by atoms with Crippen LogP contribution in [0.1, 0.15) is 5.56 Å². The lowest BCUT2D eigenvalue weighted by molar-refractivity contribution is -0.205. The molecule has 1 heterocycles. The number of urea groups is 1. The van der Waals surface area contributed by atoms with Crippen LogP contribution in [-0.2, 0) is 0 Å². The highest BCUT2D eigenvalue weighted by atomic mass is 19.4. The quantitative estimate of drug-likeness (QED) is 0.885. The van der Waals surface area contributed by atoms with E-state index >= 15 is 0 Å². The number of carbonyl (C=O) groups excluding carboxylic acids is 1. The molecule has 1 atom stereocenters. The Labute approximate surface area is 108 Å². The Hall–Kier alpha value is -1.83. The number of hydrogen-bond donors (Lipinski definition) is 2. The Kier molecular flexibility index (Phi) is 4.71. The van der Waals surface area contributed by atoms with Gasteiger partial charge in [-0.25, -0.2) is 4.79 Å². The van der Waals surface area contributed by atoms with Crippen LogP contribution < -0.4 is 5.32 Å². The molecule has 2 N–H and O–H groups in total. The molecule has 0 radical (unpaired) electrons. The molecule has 0 saturated heterocycles. The zero-order valence-corrected chi connectivity index (χ0v) is 10.4. The van der Waals surface area contributed by atoms with E-state index in [1.165, 1.54) is 25.5 Å². The molecule has 8 heteroatoms. The van der Waals surface area contributed by atoms with Gasteiger partial charge in [-0.2, -0.15) is 13.2 Å². The zero-order chi connectivity index (χ0) is 14.6. The number of pyridine rings is 1. The number of amides is 2. The minimum absolute atomic E-state index is 0.452. The van der Waals surface area contributed by atoms with E-state index in [2.05, 4.69) is 10.3 Å². The molecule has 1 unspecified atom stereocenters. The van der Waals surface area contributed by atoms with E-state index in [0.29, 0.717) is 11.3 Å². The van der Waals surface area contributed by atoms with Crippen molar-refractivity contribution in [3.05, 3.63) is 24.0 Å². The van der Waals surface area contributed by atoms with Crippen LogP contribution in [0, 0.1) is 6.92 Å². The van der Waals surface area contributed by atoms with E-state index in [-0.39, 0.29) is 0 Å². The Morgan fingerprint density at radius 2 is 2.21 bits per heavy atom. The van der Waals surface area contributed by atoms with Crippen molar-refractivity contribution in [1.82, 2.24) is 9.88 Å². The summed E-state index contributed by atoms with van der Waals surface area (Å²) in [4.78, 5) is 16.2. The van der Waals surface area contributed by atoms with Crippen LogP contribution in [-0.4, -0.2) is 46.9 Å². The molecule has 0 fully saturated rings. The first-order chi connectivity index (χ1) is 8.71. The molecular formula is C11H14F3N3O2. The fourth-order valence-corrected chi connectivity index (χ4v) is 1.27. The predicted octanol–water partition coefficient (Wildman–Crippen LogP) is 1.78. The van der Waals surface area contributed by atoms with Crippen LogP contribution in [0.25, 0.3) is 0 Å². The van der Waals surface area contributed by atoms with Crippen molar-refractivity contribution >= 4 is 11.7 Å². The molecule has 1 aromatic heterocycles. The Bertz CT molecular complexity index is 451. The van der Waals surface area contributed by atoms with Crippen LogP contribution in [0.4, 0.5) is 23.7 Å². The lowest BCUT2D eigenvalue weighted by atomic mass is 10.2. The molecule has 0 spiro atoms. The number of aryl methyl sites for hydroxylation is 1. The predicted molar refractivity (Wildman–Crippen MR) is 62.7 cm³/mol. The summed E-state index contributed by atoms with van der Waals surface area (Å²) in [7, 11) is 1.17. The molecule has 106 valence electrons. The number of carbonyl (C=O) groups is 1. The third-order valence-corrected chi connectivity index (χ3v) is 2.43. The van der Waals surface area contributed by atoms with Crippen LogP contribution in [0.5, 0.6) is 0 Å². The molecule has 1 aromatic rings. The zero-order valence-electron chi connectivity index (χ0n) is 10.4. The van der Waals surface area contributed by atoms with Gasteiger partial charge in [-0.15, -0.1) is 0 Å². The van der Waals surface area contributed by atoms with Gasteiger partial charge in [-0.1, -0.05) is 0 Å². The van der Waals surface area contributed by atoms with Gasteiger partial charge in [0.15, 0.2) is 6.10 Å².